The van der Waals surface area contributed by atoms with Gasteiger partial charge in [0.1, 0.15) is 11.0 Å². The normalized spacial score (nSPS) is 13.7. The Kier molecular flexibility index (Phi) is 2.79. The fraction of sp³-hybridized carbons (Fsp3) is 0.231. The molecule has 3 rings (SSSR count). The molecule has 0 saturated heterocycles. The van der Waals surface area contributed by atoms with E-state index in [1.54, 1.807) is 0 Å². The van der Waals surface area contributed by atoms with Crippen LogP contribution in [-0.4, -0.2) is 9.97 Å². The number of aromatic nitrogens is 2. The lowest BCUT2D eigenvalue weighted by Gasteiger charge is -2.05. The molecule has 2 aromatic rings. The van der Waals surface area contributed by atoms with E-state index in [0.29, 0.717) is 5.15 Å². The molecule has 0 atom stereocenters. The Morgan fingerprint density at radius 2 is 1.94 bits per heavy atom. The van der Waals surface area contributed by atoms with E-state index in [1.165, 1.54) is 5.56 Å². The van der Waals surface area contributed by atoms with Gasteiger partial charge >= 0.3 is 0 Å². The van der Waals surface area contributed by atoms with Crippen molar-refractivity contribution in [3.05, 3.63) is 58.1 Å². The fourth-order valence-electron chi connectivity index (χ4n) is 2.03. The second kappa shape index (κ2) is 4.43. The highest BCUT2D eigenvalue weighted by atomic mass is 35.5. The summed E-state index contributed by atoms with van der Waals surface area (Å²) in [5.41, 5.74) is 3.29. The number of halogens is 1. The molecule has 0 bridgehead atoms. The van der Waals surface area contributed by atoms with Gasteiger partial charge in [-0.2, -0.15) is 0 Å². The predicted molar refractivity (Wildman–Crippen MR) is 66.8 cm³/mol. The van der Waals surface area contributed by atoms with Crippen LogP contribution in [0.2, 0.25) is 5.15 Å². The third kappa shape index (κ3) is 2.16. The molecule has 86 valence electrons. The molecule has 0 radical (unpaired) electrons. The molecule has 3 nitrogen and oxygen atoms in total. The zero-order chi connectivity index (χ0) is 11.7. The number of nitrogens with one attached hydrogen (secondary N) is 1. The second-order valence-electron chi connectivity index (χ2n) is 4.12. The number of hydrogen-bond acceptors (Lipinski definition) is 3. The van der Waals surface area contributed by atoms with Gasteiger partial charge in [0.15, 0.2) is 0 Å². The maximum Gasteiger partial charge on any atom is 0.137 e. The number of hydrogen-bond donors (Lipinski definition) is 1. The SMILES string of the molecule is Clc1nc(Cc2ccccc2)nc2c1CNC2. The first-order chi connectivity index (χ1) is 8.33. The Morgan fingerprint density at radius 1 is 1.12 bits per heavy atom. The minimum atomic E-state index is 0.589. The molecule has 1 aromatic carbocycles. The smallest absolute Gasteiger partial charge is 0.137 e. The van der Waals surface area contributed by atoms with Crippen molar-refractivity contribution < 1.29 is 0 Å². The van der Waals surface area contributed by atoms with Gasteiger partial charge in [-0.1, -0.05) is 41.9 Å². The Morgan fingerprint density at radius 3 is 2.76 bits per heavy atom. The number of nitrogens with zero attached hydrogens (tertiary/aromatic N) is 2. The number of fused-ring (bicyclic) bond motifs is 1. The van der Waals surface area contributed by atoms with Gasteiger partial charge in [0.2, 0.25) is 0 Å². The van der Waals surface area contributed by atoms with Crippen LogP contribution < -0.4 is 5.32 Å². The molecular formula is C13H12ClN3. The highest BCUT2D eigenvalue weighted by Gasteiger charge is 2.17. The van der Waals surface area contributed by atoms with Gasteiger partial charge in [-0.3, -0.25) is 0 Å². The van der Waals surface area contributed by atoms with Crippen LogP contribution in [0.15, 0.2) is 30.3 Å². The molecule has 17 heavy (non-hydrogen) atoms. The topological polar surface area (TPSA) is 37.8 Å². The summed E-state index contributed by atoms with van der Waals surface area (Å²) in [4.78, 5) is 8.91. The van der Waals surface area contributed by atoms with Crippen LogP contribution in [0, 0.1) is 0 Å². The average molecular weight is 246 g/mol. The van der Waals surface area contributed by atoms with Crippen molar-refractivity contribution in [2.45, 2.75) is 19.5 Å². The van der Waals surface area contributed by atoms with E-state index in [4.69, 9.17) is 11.6 Å². The van der Waals surface area contributed by atoms with E-state index >= 15 is 0 Å². The van der Waals surface area contributed by atoms with Crippen molar-refractivity contribution in [1.29, 1.82) is 0 Å². The van der Waals surface area contributed by atoms with Crippen molar-refractivity contribution >= 4 is 11.6 Å². The number of benzene rings is 1. The fourth-order valence-corrected chi connectivity index (χ4v) is 2.31. The maximum absolute atomic E-state index is 6.15. The van der Waals surface area contributed by atoms with Gasteiger partial charge in [-0.15, -0.1) is 0 Å². The molecule has 0 unspecified atom stereocenters. The predicted octanol–water partition coefficient (Wildman–Crippen LogP) is 2.32. The summed E-state index contributed by atoms with van der Waals surface area (Å²) in [6.45, 7) is 1.57. The van der Waals surface area contributed by atoms with Gasteiger partial charge in [0.25, 0.3) is 0 Å². The van der Waals surface area contributed by atoms with Crippen LogP contribution in [0.1, 0.15) is 22.6 Å². The minimum Gasteiger partial charge on any atom is -0.307 e. The van der Waals surface area contributed by atoms with Crippen molar-refractivity contribution in [3.63, 3.8) is 0 Å². The first kappa shape index (κ1) is 10.7. The van der Waals surface area contributed by atoms with Gasteiger partial charge in [-0.05, 0) is 5.56 Å². The van der Waals surface area contributed by atoms with Crippen LogP contribution in [0.4, 0.5) is 0 Å². The van der Waals surface area contributed by atoms with Crippen molar-refractivity contribution in [2.75, 3.05) is 0 Å². The lowest BCUT2D eigenvalue weighted by Crippen LogP contribution is -2.02. The standard InChI is InChI=1S/C13H12ClN3/c14-13-10-7-15-8-11(10)16-12(17-13)6-9-4-2-1-3-5-9/h1-5,15H,6-8H2. The molecule has 1 N–H and O–H groups in total. The van der Waals surface area contributed by atoms with Crippen molar-refractivity contribution in [2.24, 2.45) is 0 Å². The molecule has 1 aliphatic rings. The molecule has 0 aliphatic carbocycles. The van der Waals surface area contributed by atoms with E-state index in [-0.39, 0.29) is 0 Å². The van der Waals surface area contributed by atoms with E-state index in [0.717, 1.165) is 36.6 Å². The van der Waals surface area contributed by atoms with Crippen LogP contribution in [0.3, 0.4) is 0 Å². The van der Waals surface area contributed by atoms with Crippen molar-refractivity contribution in [1.82, 2.24) is 15.3 Å². The Bertz CT molecular complexity index is 540. The summed E-state index contributed by atoms with van der Waals surface area (Å²) in [5, 5.41) is 3.82. The number of rotatable bonds is 2. The molecule has 0 fully saturated rings. The molecular weight excluding hydrogens is 234 g/mol. The lowest BCUT2D eigenvalue weighted by atomic mass is 10.1. The molecule has 0 saturated carbocycles. The lowest BCUT2D eigenvalue weighted by molar-refractivity contribution is 0.756. The average Bonchev–Trinajstić information content (AvgIpc) is 2.79. The molecule has 4 heteroatoms. The third-order valence-electron chi connectivity index (χ3n) is 2.89. The van der Waals surface area contributed by atoms with Crippen LogP contribution >= 0.6 is 11.6 Å². The zero-order valence-corrected chi connectivity index (χ0v) is 10.0. The summed E-state index contributed by atoms with van der Waals surface area (Å²) in [6, 6.07) is 10.2. The molecule has 2 heterocycles. The summed E-state index contributed by atoms with van der Waals surface area (Å²) in [5.74, 6) is 0.795. The largest absolute Gasteiger partial charge is 0.307 e. The molecule has 1 aromatic heterocycles. The molecule has 0 amide bonds. The van der Waals surface area contributed by atoms with Gasteiger partial charge in [0.05, 0.1) is 5.69 Å². The monoisotopic (exact) mass is 245 g/mol. The first-order valence-corrected chi connectivity index (χ1v) is 5.99. The Labute approximate surface area is 105 Å². The summed E-state index contributed by atoms with van der Waals surface area (Å²) < 4.78 is 0. The molecule has 1 aliphatic heterocycles. The van der Waals surface area contributed by atoms with Gasteiger partial charge in [0, 0.05) is 25.1 Å². The van der Waals surface area contributed by atoms with Crippen molar-refractivity contribution in [3.8, 4) is 0 Å². The minimum absolute atomic E-state index is 0.589. The first-order valence-electron chi connectivity index (χ1n) is 5.62. The van der Waals surface area contributed by atoms with Gasteiger partial charge < -0.3 is 5.32 Å². The van der Waals surface area contributed by atoms with Crippen LogP contribution in [0.5, 0.6) is 0 Å². The summed E-state index contributed by atoms with van der Waals surface area (Å²) in [6.07, 6.45) is 0.730. The van der Waals surface area contributed by atoms with E-state index in [9.17, 15) is 0 Å². The quantitative estimate of drug-likeness (QED) is 0.826. The zero-order valence-electron chi connectivity index (χ0n) is 9.28. The Balaban J connectivity index is 1.92. The third-order valence-corrected chi connectivity index (χ3v) is 3.20. The Hall–Kier alpha value is -1.45. The van der Waals surface area contributed by atoms with Crippen LogP contribution in [-0.2, 0) is 19.5 Å². The van der Waals surface area contributed by atoms with Crippen LogP contribution in [0.25, 0.3) is 0 Å². The summed E-state index contributed by atoms with van der Waals surface area (Å²) in [7, 11) is 0. The second-order valence-corrected chi connectivity index (χ2v) is 4.48. The maximum atomic E-state index is 6.15. The van der Waals surface area contributed by atoms with E-state index in [2.05, 4.69) is 27.4 Å². The molecule has 0 spiro atoms. The highest BCUT2D eigenvalue weighted by Crippen LogP contribution is 2.21. The van der Waals surface area contributed by atoms with E-state index < -0.39 is 0 Å². The summed E-state index contributed by atoms with van der Waals surface area (Å²) >= 11 is 6.15. The van der Waals surface area contributed by atoms with E-state index in [1.807, 2.05) is 18.2 Å². The van der Waals surface area contributed by atoms with Gasteiger partial charge in [-0.25, -0.2) is 9.97 Å². The highest BCUT2D eigenvalue weighted by molar-refractivity contribution is 6.30.